The quantitative estimate of drug-likeness (QED) is 0.330. The van der Waals surface area contributed by atoms with Crippen molar-refractivity contribution in [2.45, 2.75) is 13.0 Å². The van der Waals surface area contributed by atoms with Crippen molar-refractivity contribution in [2.75, 3.05) is 13.7 Å². The van der Waals surface area contributed by atoms with Crippen LogP contribution in [0.3, 0.4) is 0 Å². The third kappa shape index (κ3) is 4.61. The average molecular weight is 213 g/mol. The van der Waals surface area contributed by atoms with E-state index in [4.69, 9.17) is 5.26 Å². The normalized spacial score (nSPS) is 10.7. The van der Waals surface area contributed by atoms with Crippen LogP contribution in [0.15, 0.2) is 0 Å². The topological polar surface area (TPSA) is 108 Å². The number of rotatable bonds is 3. The van der Waals surface area contributed by atoms with Crippen molar-refractivity contribution in [1.82, 2.24) is 10.6 Å². The molecular weight excluding hydrogens is 202 g/mol. The zero-order valence-electron chi connectivity index (χ0n) is 8.36. The third-order valence-corrected chi connectivity index (χ3v) is 1.44. The predicted octanol–water partition coefficient (Wildman–Crippen LogP) is -1.70. The molecule has 7 nitrogen and oxygen atoms in total. The maximum Gasteiger partial charge on any atom is 0.328 e. The molecule has 0 aromatic rings. The van der Waals surface area contributed by atoms with E-state index in [-0.39, 0.29) is 6.54 Å². The first-order valence-electron chi connectivity index (χ1n) is 4.06. The molecule has 0 aliphatic rings. The van der Waals surface area contributed by atoms with Crippen LogP contribution >= 0.6 is 0 Å². The summed E-state index contributed by atoms with van der Waals surface area (Å²) in [7, 11) is 1.17. The van der Waals surface area contributed by atoms with Crippen molar-refractivity contribution in [1.29, 1.82) is 5.26 Å². The lowest BCUT2D eigenvalue weighted by Crippen LogP contribution is -2.46. The van der Waals surface area contributed by atoms with Crippen LogP contribution in [0, 0.1) is 11.3 Å². The molecule has 0 rings (SSSR count). The molecule has 2 N–H and O–H groups in total. The first-order chi connectivity index (χ1) is 7.02. The number of nitrogens with zero attached hydrogens (tertiary/aromatic N) is 1. The number of amides is 2. The van der Waals surface area contributed by atoms with Gasteiger partial charge in [-0.2, -0.15) is 5.26 Å². The number of hydrogen-bond donors (Lipinski definition) is 2. The molecule has 0 heterocycles. The molecule has 0 radical (unpaired) electrons. The Morgan fingerprint density at radius 3 is 2.47 bits per heavy atom. The molecule has 15 heavy (non-hydrogen) atoms. The Hall–Kier alpha value is -2.10. The standard InChI is InChI=1S/C8H11N3O4/c1-5(8(14)15-2)11-7(13)6(12)10-4-3-9/h5H,4H2,1-2H3,(H,10,12)(H,11,13). The van der Waals surface area contributed by atoms with Gasteiger partial charge < -0.3 is 15.4 Å². The molecule has 1 atom stereocenters. The zero-order valence-corrected chi connectivity index (χ0v) is 8.36. The Morgan fingerprint density at radius 2 is 2.00 bits per heavy atom. The lowest BCUT2D eigenvalue weighted by molar-refractivity contribution is -0.146. The fourth-order valence-electron chi connectivity index (χ4n) is 0.698. The van der Waals surface area contributed by atoms with Crippen molar-refractivity contribution in [2.24, 2.45) is 0 Å². The molecule has 0 fully saturated rings. The van der Waals surface area contributed by atoms with E-state index in [0.29, 0.717) is 0 Å². The fraction of sp³-hybridized carbons (Fsp3) is 0.500. The van der Waals surface area contributed by atoms with Crippen LogP contribution in [0.25, 0.3) is 0 Å². The number of carbonyl (C=O) groups is 3. The van der Waals surface area contributed by atoms with E-state index in [0.717, 1.165) is 0 Å². The van der Waals surface area contributed by atoms with Crippen LogP contribution in [0.4, 0.5) is 0 Å². The zero-order chi connectivity index (χ0) is 11.8. The first kappa shape index (κ1) is 12.9. The fourth-order valence-corrected chi connectivity index (χ4v) is 0.698. The summed E-state index contributed by atoms with van der Waals surface area (Å²) in [5.74, 6) is -2.60. The summed E-state index contributed by atoms with van der Waals surface area (Å²) in [5.41, 5.74) is 0. The molecule has 0 spiro atoms. The highest BCUT2D eigenvalue weighted by Crippen LogP contribution is 1.85. The molecule has 0 saturated carbocycles. The Morgan fingerprint density at radius 1 is 1.40 bits per heavy atom. The number of carbonyl (C=O) groups excluding carboxylic acids is 3. The van der Waals surface area contributed by atoms with Crippen molar-refractivity contribution < 1.29 is 19.1 Å². The van der Waals surface area contributed by atoms with E-state index in [1.54, 1.807) is 6.07 Å². The Labute approximate surface area is 86.4 Å². The summed E-state index contributed by atoms with van der Waals surface area (Å²) in [6, 6.07) is 0.730. The number of ether oxygens (including phenoxy) is 1. The second-order valence-corrected chi connectivity index (χ2v) is 2.56. The van der Waals surface area contributed by atoms with Crippen molar-refractivity contribution in [3.05, 3.63) is 0 Å². The van der Waals surface area contributed by atoms with Crippen molar-refractivity contribution >= 4 is 17.8 Å². The second kappa shape index (κ2) is 6.37. The van der Waals surface area contributed by atoms with Gasteiger partial charge in [-0.3, -0.25) is 9.59 Å². The molecule has 0 saturated heterocycles. The van der Waals surface area contributed by atoms with Crippen LogP contribution in [-0.4, -0.2) is 37.5 Å². The highest BCUT2D eigenvalue weighted by molar-refractivity contribution is 6.35. The molecule has 0 aliphatic carbocycles. The smallest absolute Gasteiger partial charge is 0.328 e. The summed E-state index contributed by atoms with van der Waals surface area (Å²) in [6.07, 6.45) is 0. The van der Waals surface area contributed by atoms with Gasteiger partial charge in [0, 0.05) is 0 Å². The van der Waals surface area contributed by atoms with Crippen LogP contribution in [-0.2, 0) is 19.1 Å². The van der Waals surface area contributed by atoms with Gasteiger partial charge in [0.2, 0.25) is 0 Å². The largest absolute Gasteiger partial charge is 0.467 e. The summed E-state index contributed by atoms with van der Waals surface area (Å²) in [5, 5.41) is 12.3. The molecule has 0 aliphatic heterocycles. The van der Waals surface area contributed by atoms with Gasteiger partial charge in [-0.1, -0.05) is 0 Å². The summed E-state index contributed by atoms with van der Waals surface area (Å²) in [6.45, 7) is 1.11. The van der Waals surface area contributed by atoms with Gasteiger partial charge in [-0.25, -0.2) is 4.79 Å². The highest BCUT2D eigenvalue weighted by Gasteiger charge is 2.20. The van der Waals surface area contributed by atoms with E-state index in [1.165, 1.54) is 14.0 Å². The molecule has 82 valence electrons. The molecule has 2 amide bonds. The third-order valence-electron chi connectivity index (χ3n) is 1.44. The molecule has 0 aromatic carbocycles. The van der Waals surface area contributed by atoms with E-state index < -0.39 is 23.8 Å². The van der Waals surface area contributed by atoms with E-state index >= 15 is 0 Å². The van der Waals surface area contributed by atoms with Crippen molar-refractivity contribution in [3.8, 4) is 6.07 Å². The Balaban J connectivity index is 4.08. The van der Waals surface area contributed by atoms with Gasteiger partial charge >= 0.3 is 17.8 Å². The minimum Gasteiger partial charge on any atom is -0.467 e. The number of methoxy groups -OCH3 is 1. The molecule has 1 unspecified atom stereocenters. The van der Waals surface area contributed by atoms with E-state index in [9.17, 15) is 14.4 Å². The van der Waals surface area contributed by atoms with Crippen LogP contribution < -0.4 is 10.6 Å². The molecule has 0 bridgehead atoms. The van der Waals surface area contributed by atoms with Crippen LogP contribution in [0.5, 0.6) is 0 Å². The first-order valence-corrected chi connectivity index (χ1v) is 4.06. The summed E-state index contributed by atoms with van der Waals surface area (Å²) >= 11 is 0. The van der Waals surface area contributed by atoms with E-state index in [1.807, 2.05) is 5.32 Å². The Bertz CT molecular complexity index is 307. The molecule has 7 heteroatoms. The molecular formula is C8H11N3O4. The van der Waals surface area contributed by atoms with Gasteiger partial charge in [0.1, 0.15) is 12.6 Å². The number of esters is 1. The maximum atomic E-state index is 11.0. The Kier molecular flexibility index (Phi) is 5.48. The van der Waals surface area contributed by atoms with E-state index in [2.05, 4.69) is 10.1 Å². The minimum atomic E-state index is -0.983. The summed E-state index contributed by atoms with van der Waals surface area (Å²) < 4.78 is 4.34. The lowest BCUT2D eigenvalue weighted by atomic mass is 10.3. The van der Waals surface area contributed by atoms with Crippen molar-refractivity contribution in [3.63, 3.8) is 0 Å². The lowest BCUT2D eigenvalue weighted by Gasteiger charge is -2.10. The van der Waals surface area contributed by atoms with Crippen LogP contribution in [0.1, 0.15) is 6.92 Å². The minimum absolute atomic E-state index is 0.265. The highest BCUT2D eigenvalue weighted by atomic mass is 16.5. The molecule has 0 aromatic heterocycles. The summed E-state index contributed by atoms with van der Waals surface area (Å²) in [4.78, 5) is 32.8. The second-order valence-electron chi connectivity index (χ2n) is 2.56. The van der Waals surface area contributed by atoms with Gasteiger partial charge in [0.25, 0.3) is 0 Å². The van der Waals surface area contributed by atoms with Gasteiger partial charge in [0.15, 0.2) is 0 Å². The predicted molar refractivity (Wildman–Crippen MR) is 48.2 cm³/mol. The SMILES string of the molecule is COC(=O)C(C)NC(=O)C(=O)NCC#N. The maximum absolute atomic E-state index is 11.0. The van der Waals surface area contributed by atoms with Gasteiger partial charge in [0.05, 0.1) is 13.2 Å². The number of nitriles is 1. The van der Waals surface area contributed by atoms with Crippen LogP contribution in [0.2, 0.25) is 0 Å². The number of hydrogen-bond acceptors (Lipinski definition) is 5. The van der Waals surface area contributed by atoms with Gasteiger partial charge in [-0.05, 0) is 6.92 Å². The average Bonchev–Trinajstić information content (AvgIpc) is 2.24. The van der Waals surface area contributed by atoms with Gasteiger partial charge in [-0.15, -0.1) is 0 Å². The monoisotopic (exact) mass is 213 g/mol. The number of nitrogens with one attached hydrogen (secondary N) is 2.